The lowest BCUT2D eigenvalue weighted by atomic mass is 9.82. The van der Waals surface area contributed by atoms with E-state index in [0.29, 0.717) is 56.0 Å². The zero-order valence-corrected chi connectivity index (χ0v) is 18.9. The topological polar surface area (TPSA) is 129 Å². The van der Waals surface area contributed by atoms with Crippen molar-refractivity contribution in [3.05, 3.63) is 18.2 Å². The average Bonchev–Trinajstić information content (AvgIpc) is 3.38. The number of rotatable bonds is 5. The number of hydrazine groups is 1. The van der Waals surface area contributed by atoms with Gasteiger partial charge in [-0.25, -0.2) is 4.79 Å². The molecule has 34 heavy (non-hydrogen) atoms. The fourth-order valence-electron chi connectivity index (χ4n) is 5.15. The van der Waals surface area contributed by atoms with E-state index in [-0.39, 0.29) is 31.1 Å². The number of anilines is 1. The summed E-state index contributed by atoms with van der Waals surface area (Å²) in [7, 11) is 0. The van der Waals surface area contributed by atoms with Crippen LogP contribution >= 0.6 is 0 Å². The van der Waals surface area contributed by atoms with E-state index in [1.165, 1.54) is 0 Å². The first-order valence-corrected chi connectivity index (χ1v) is 11.8. The lowest BCUT2D eigenvalue weighted by Gasteiger charge is -2.31. The summed E-state index contributed by atoms with van der Waals surface area (Å²) in [6, 6.07) is 4.71. The number of nitrogens with zero attached hydrogens (tertiary/aromatic N) is 2. The normalized spacial score (nSPS) is 22.1. The number of piperidine rings is 1. The minimum atomic E-state index is -0.869. The highest BCUT2D eigenvalue weighted by atomic mass is 16.7. The summed E-state index contributed by atoms with van der Waals surface area (Å²) < 4.78 is 10.6. The second-order valence-electron chi connectivity index (χ2n) is 9.36. The maximum absolute atomic E-state index is 12.8. The Morgan fingerprint density at radius 3 is 2.56 bits per heavy atom. The molecule has 5 rings (SSSR count). The number of carbonyl (C=O) groups is 4. The number of likely N-dealkylation sites (tertiary alicyclic amines) is 1. The molecule has 1 aromatic carbocycles. The van der Waals surface area contributed by atoms with Crippen molar-refractivity contribution in [2.24, 2.45) is 5.92 Å². The molecule has 182 valence electrons. The van der Waals surface area contributed by atoms with Crippen LogP contribution in [0.1, 0.15) is 44.9 Å². The smallest absolute Gasteiger partial charge is 0.344 e. The molecule has 11 nitrogen and oxygen atoms in total. The van der Waals surface area contributed by atoms with Gasteiger partial charge in [0.15, 0.2) is 11.5 Å². The number of hydrogen-bond donors (Lipinski definition) is 3. The molecule has 5 amide bonds. The molecule has 3 heterocycles. The molecule has 0 aromatic heterocycles. The minimum absolute atomic E-state index is 0.0561. The van der Waals surface area contributed by atoms with Crippen LogP contribution in [0.3, 0.4) is 0 Å². The van der Waals surface area contributed by atoms with Crippen LogP contribution in [-0.2, 0) is 14.4 Å². The van der Waals surface area contributed by atoms with Gasteiger partial charge >= 0.3 is 6.03 Å². The molecule has 0 unspecified atom stereocenters. The lowest BCUT2D eigenvalue weighted by molar-refractivity contribution is -0.140. The van der Waals surface area contributed by atoms with E-state index >= 15 is 0 Å². The number of ether oxygens (including phenoxy) is 2. The number of amides is 5. The summed E-state index contributed by atoms with van der Waals surface area (Å²) in [6.07, 6.45) is 5.22. The number of benzene rings is 1. The van der Waals surface area contributed by atoms with E-state index < -0.39 is 17.5 Å². The Morgan fingerprint density at radius 2 is 1.79 bits per heavy atom. The molecule has 1 aliphatic carbocycles. The van der Waals surface area contributed by atoms with E-state index in [1.54, 1.807) is 18.2 Å². The molecule has 11 heteroatoms. The third-order valence-electron chi connectivity index (χ3n) is 7.07. The standard InChI is InChI=1S/C23H29N5O6/c29-19(26-28-21(31)23(25-22(28)32)8-2-1-3-9-23)13-27-10-6-15(7-11-27)20(30)24-16-4-5-17-18(12-16)34-14-33-17/h4-5,12,15H,1-3,6-11,13-14H2,(H,24,30)(H,25,32)(H,26,29). The summed E-state index contributed by atoms with van der Waals surface area (Å²) in [6.45, 7) is 1.37. The largest absolute Gasteiger partial charge is 0.454 e. The second kappa shape index (κ2) is 9.13. The molecule has 3 aliphatic heterocycles. The van der Waals surface area contributed by atoms with Crippen molar-refractivity contribution in [3.63, 3.8) is 0 Å². The number of hydrogen-bond acceptors (Lipinski definition) is 7. The van der Waals surface area contributed by atoms with Gasteiger partial charge in [-0.15, -0.1) is 0 Å². The highest BCUT2D eigenvalue weighted by Crippen LogP contribution is 2.35. The van der Waals surface area contributed by atoms with Crippen molar-refractivity contribution >= 4 is 29.4 Å². The Hall–Kier alpha value is -3.34. The van der Waals surface area contributed by atoms with Gasteiger partial charge < -0.3 is 20.1 Å². The fraction of sp³-hybridized carbons (Fsp3) is 0.565. The highest BCUT2D eigenvalue weighted by Gasteiger charge is 2.52. The fourth-order valence-corrected chi connectivity index (χ4v) is 5.15. The van der Waals surface area contributed by atoms with E-state index in [1.807, 2.05) is 4.90 Å². The van der Waals surface area contributed by atoms with Gasteiger partial charge in [0.25, 0.3) is 11.8 Å². The van der Waals surface area contributed by atoms with Gasteiger partial charge in [0.05, 0.1) is 6.54 Å². The third kappa shape index (κ3) is 4.39. The predicted molar refractivity (Wildman–Crippen MR) is 120 cm³/mol. The Kier molecular flexibility index (Phi) is 6.03. The van der Waals surface area contributed by atoms with Gasteiger partial charge in [-0.3, -0.25) is 24.7 Å². The molecule has 1 aromatic rings. The van der Waals surface area contributed by atoms with Crippen LogP contribution in [0.4, 0.5) is 10.5 Å². The lowest BCUT2D eigenvalue weighted by Crippen LogP contribution is -2.53. The Balaban J connectivity index is 1.08. The predicted octanol–water partition coefficient (Wildman–Crippen LogP) is 1.35. The SMILES string of the molecule is O=C(CN1CCC(C(=O)Nc2ccc3c(c2)OCO3)CC1)NN1C(=O)NC2(CCCCC2)C1=O. The molecule has 1 saturated carbocycles. The monoisotopic (exact) mass is 471 g/mol. The third-order valence-corrected chi connectivity index (χ3v) is 7.07. The first-order valence-electron chi connectivity index (χ1n) is 11.8. The summed E-state index contributed by atoms with van der Waals surface area (Å²) in [5, 5.41) is 6.53. The highest BCUT2D eigenvalue weighted by molar-refractivity contribution is 6.08. The molecule has 0 atom stereocenters. The van der Waals surface area contributed by atoms with Crippen LogP contribution in [0.5, 0.6) is 11.5 Å². The van der Waals surface area contributed by atoms with E-state index in [4.69, 9.17) is 9.47 Å². The first kappa shape index (κ1) is 22.5. The van der Waals surface area contributed by atoms with E-state index in [2.05, 4.69) is 16.1 Å². The van der Waals surface area contributed by atoms with Crippen molar-refractivity contribution in [3.8, 4) is 11.5 Å². The number of nitrogens with one attached hydrogen (secondary N) is 3. The minimum Gasteiger partial charge on any atom is -0.454 e. The van der Waals surface area contributed by atoms with Gasteiger partial charge in [-0.2, -0.15) is 5.01 Å². The van der Waals surface area contributed by atoms with Crippen LogP contribution in [0, 0.1) is 5.92 Å². The van der Waals surface area contributed by atoms with E-state index in [9.17, 15) is 19.2 Å². The molecule has 0 bridgehead atoms. The molecular weight excluding hydrogens is 442 g/mol. The van der Waals surface area contributed by atoms with Gasteiger partial charge in [-0.1, -0.05) is 19.3 Å². The second-order valence-corrected chi connectivity index (χ2v) is 9.36. The van der Waals surface area contributed by atoms with Crippen molar-refractivity contribution in [2.75, 3.05) is 31.7 Å². The zero-order chi connectivity index (χ0) is 23.7. The van der Waals surface area contributed by atoms with Crippen LogP contribution in [0.25, 0.3) is 0 Å². The number of urea groups is 1. The summed E-state index contributed by atoms with van der Waals surface area (Å²) >= 11 is 0. The average molecular weight is 472 g/mol. The van der Waals surface area contributed by atoms with Gasteiger partial charge in [-0.05, 0) is 50.9 Å². The molecule has 3 N–H and O–H groups in total. The molecule has 1 spiro atoms. The van der Waals surface area contributed by atoms with Gasteiger partial charge in [0.1, 0.15) is 5.54 Å². The van der Waals surface area contributed by atoms with Crippen molar-refractivity contribution in [1.82, 2.24) is 20.7 Å². The number of carbonyl (C=O) groups excluding carboxylic acids is 4. The van der Waals surface area contributed by atoms with Crippen molar-refractivity contribution < 1.29 is 28.7 Å². The zero-order valence-electron chi connectivity index (χ0n) is 18.9. The van der Waals surface area contributed by atoms with Crippen LogP contribution in [0.2, 0.25) is 0 Å². The van der Waals surface area contributed by atoms with Crippen LogP contribution in [0.15, 0.2) is 18.2 Å². The maximum atomic E-state index is 12.8. The molecule has 3 fully saturated rings. The maximum Gasteiger partial charge on any atom is 0.344 e. The molecule has 2 saturated heterocycles. The van der Waals surface area contributed by atoms with E-state index in [0.717, 1.165) is 24.3 Å². The molecule has 0 radical (unpaired) electrons. The Morgan fingerprint density at radius 1 is 1.06 bits per heavy atom. The number of imide groups is 1. The Labute approximate surface area is 197 Å². The van der Waals surface area contributed by atoms with Crippen molar-refractivity contribution in [1.29, 1.82) is 0 Å². The summed E-state index contributed by atoms with van der Waals surface area (Å²) in [4.78, 5) is 52.3. The first-order chi connectivity index (χ1) is 16.4. The van der Waals surface area contributed by atoms with Crippen LogP contribution in [-0.4, -0.2) is 65.6 Å². The number of fused-ring (bicyclic) bond motifs is 1. The Bertz CT molecular complexity index is 1000. The summed E-state index contributed by atoms with van der Waals surface area (Å²) in [5.41, 5.74) is 2.26. The molecule has 4 aliphatic rings. The van der Waals surface area contributed by atoms with Gasteiger partial charge in [0.2, 0.25) is 12.7 Å². The van der Waals surface area contributed by atoms with Crippen molar-refractivity contribution in [2.45, 2.75) is 50.5 Å². The quantitative estimate of drug-likeness (QED) is 0.553. The molecular formula is C23H29N5O6. The van der Waals surface area contributed by atoms with Gasteiger partial charge in [0, 0.05) is 17.7 Å². The summed E-state index contributed by atoms with van der Waals surface area (Å²) in [5.74, 6) is 0.246. The van der Waals surface area contributed by atoms with Crippen LogP contribution < -0.4 is 25.5 Å².